The molecule has 3 nitrogen and oxygen atoms in total. The van der Waals surface area contributed by atoms with Crippen LogP contribution in [0.2, 0.25) is 0 Å². The Labute approximate surface area is 92.1 Å². The minimum atomic E-state index is -0.305. The van der Waals surface area contributed by atoms with E-state index in [2.05, 4.69) is 19.1 Å². The lowest BCUT2D eigenvalue weighted by Crippen LogP contribution is -2.40. The summed E-state index contributed by atoms with van der Waals surface area (Å²) in [5.74, 6) is 0.691. The summed E-state index contributed by atoms with van der Waals surface area (Å²) in [5.41, 5.74) is 0. The van der Waals surface area contributed by atoms with Crippen molar-refractivity contribution in [3.8, 4) is 0 Å². The zero-order valence-electron chi connectivity index (χ0n) is 9.85. The number of aliphatic hydroxyl groups excluding tert-OH is 1. The molecule has 0 aromatic carbocycles. The summed E-state index contributed by atoms with van der Waals surface area (Å²) in [5, 5.41) is 10.2. The van der Waals surface area contributed by atoms with Gasteiger partial charge in [0.25, 0.3) is 0 Å². The number of rotatable bonds is 5. The maximum atomic E-state index is 10.2. The van der Waals surface area contributed by atoms with Crippen molar-refractivity contribution in [1.82, 2.24) is 0 Å². The minimum absolute atomic E-state index is 0.157. The highest BCUT2D eigenvalue weighted by molar-refractivity contribution is 5.05. The van der Waals surface area contributed by atoms with E-state index in [4.69, 9.17) is 9.47 Å². The molecule has 0 unspecified atom stereocenters. The maximum Gasteiger partial charge on any atom is 0.0659 e. The van der Waals surface area contributed by atoms with Crippen molar-refractivity contribution in [2.24, 2.45) is 17.8 Å². The third kappa shape index (κ3) is 3.03. The predicted octanol–water partition coefficient (Wildman–Crippen LogP) is 1.47. The maximum absolute atomic E-state index is 10.2. The Kier molecular flexibility index (Phi) is 5.29. The summed E-state index contributed by atoms with van der Waals surface area (Å²) in [6.45, 7) is 3.34. The van der Waals surface area contributed by atoms with Crippen molar-refractivity contribution in [3.63, 3.8) is 0 Å². The first-order valence-electron chi connectivity index (χ1n) is 5.58. The van der Waals surface area contributed by atoms with E-state index in [1.807, 2.05) is 0 Å². The van der Waals surface area contributed by atoms with Gasteiger partial charge in [-0.1, -0.05) is 19.1 Å². The fraction of sp³-hybridized carbons (Fsp3) is 0.833. The van der Waals surface area contributed by atoms with Crippen LogP contribution in [0.3, 0.4) is 0 Å². The average molecular weight is 214 g/mol. The third-order valence-corrected chi connectivity index (χ3v) is 3.22. The van der Waals surface area contributed by atoms with E-state index in [-0.39, 0.29) is 23.9 Å². The van der Waals surface area contributed by atoms with Crippen LogP contribution in [0.25, 0.3) is 0 Å². The van der Waals surface area contributed by atoms with Gasteiger partial charge in [0.1, 0.15) is 0 Å². The largest absolute Gasteiger partial charge is 0.392 e. The van der Waals surface area contributed by atoms with Crippen LogP contribution >= 0.6 is 0 Å². The van der Waals surface area contributed by atoms with Crippen molar-refractivity contribution in [3.05, 3.63) is 12.2 Å². The topological polar surface area (TPSA) is 38.7 Å². The lowest BCUT2D eigenvalue weighted by molar-refractivity contribution is -0.0205. The average Bonchev–Trinajstić information content (AvgIpc) is 2.24. The van der Waals surface area contributed by atoms with Gasteiger partial charge in [-0.05, 0) is 6.42 Å². The van der Waals surface area contributed by atoms with Crippen molar-refractivity contribution in [2.45, 2.75) is 19.4 Å². The van der Waals surface area contributed by atoms with Gasteiger partial charge in [-0.25, -0.2) is 0 Å². The Bertz CT molecular complexity index is 203. The molecule has 0 heterocycles. The summed E-state index contributed by atoms with van der Waals surface area (Å²) in [6, 6.07) is 0. The first kappa shape index (κ1) is 12.7. The molecular weight excluding hydrogens is 192 g/mol. The molecule has 4 atom stereocenters. The number of hydrogen-bond donors (Lipinski definition) is 1. The van der Waals surface area contributed by atoms with Crippen LogP contribution in [-0.2, 0) is 9.47 Å². The standard InChI is InChI=1S/C12H22O3/c1-4-9-5-6-10(7-14-2)11(8-15-3)12(9)13/h5-6,9-13H,4,7-8H2,1-3H3/t9-,10+,11-,12+/m1/s1. The molecule has 1 N–H and O–H groups in total. The van der Waals surface area contributed by atoms with Gasteiger partial charge in [-0.3, -0.25) is 0 Å². The molecule has 0 bridgehead atoms. The lowest BCUT2D eigenvalue weighted by Gasteiger charge is -2.35. The zero-order chi connectivity index (χ0) is 11.3. The Morgan fingerprint density at radius 1 is 1.07 bits per heavy atom. The molecule has 0 aromatic heterocycles. The number of methoxy groups -OCH3 is 2. The second kappa shape index (κ2) is 6.26. The summed E-state index contributed by atoms with van der Waals surface area (Å²) >= 11 is 0. The second-order valence-corrected chi connectivity index (χ2v) is 4.19. The minimum Gasteiger partial charge on any atom is -0.392 e. The summed E-state index contributed by atoms with van der Waals surface area (Å²) < 4.78 is 10.3. The van der Waals surface area contributed by atoms with E-state index in [0.29, 0.717) is 13.2 Å². The van der Waals surface area contributed by atoms with E-state index in [9.17, 15) is 5.11 Å². The molecule has 1 rings (SSSR count). The molecule has 1 aliphatic rings. The van der Waals surface area contributed by atoms with E-state index >= 15 is 0 Å². The Morgan fingerprint density at radius 2 is 1.67 bits per heavy atom. The summed E-state index contributed by atoms with van der Waals surface area (Å²) in [6.07, 6.45) is 4.94. The molecule has 15 heavy (non-hydrogen) atoms. The van der Waals surface area contributed by atoms with E-state index < -0.39 is 0 Å². The normalized spacial score (nSPS) is 35.7. The van der Waals surface area contributed by atoms with Crippen LogP contribution in [0, 0.1) is 17.8 Å². The van der Waals surface area contributed by atoms with Gasteiger partial charge >= 0.3 is 0 Å². The van der Waals surface area contributed by atoms with Crippen LogP contribution in [-0.4, -0.2) is 38.6 Å². The Hall–Kier alpha value is -0.380. The molecule has 0 radical (unpaired) electrons. The molecular formula is C12H22O3. The van der Waals surface area contributed by atoms with Crippen molar-refractivity contribution in [1.29, 1.82) is 0 Å². The second-order valence-electron chi connectivity index (χ2n) is 4.19. The first-order valence-corrected chi connectivity index (χ1v) is 5.58. The number of hydrogen-bond acceptors (Lipinski definition) is 3. The van der Waals surface area contributed by atoms with Gasteiger partial charge in [0.05, 0.1) is 19.3 Å². The van der Waals surface area contributed by atoms with Gasteiger partial charge in [0, 0.05) is 32.0 Å². The van der Waals surface area contributed by atoms with Crippen LogP contribution in [0.5, 0.6) is 0 Å². The highest BCUT2D eigenvalue weighted by Crippen LogP contribution is 2.31. The first-order chi connectivity index (χ1) is 7.24. The third-order valence-electron chi connectivity index (χ3n) is 3.22. The molecule has 0 spiro atoms. The highest BCUT2D eigenvalue weighted by Gasteiger charge is 2.34. The van der Waals surface area contributed by atoms with Crippen LogP contribution < -0.4 is 0 Å². The van der Waals surface area contributed by atoms with Crippen molar-refractivity contribution < 1.29 is 14.6 Å². The van der Waals surface area contributed by atoms with Gasteiger partial charge in [-0.2, -0.15) is 0 Å². The highest BCUT2D eigenvalue weighted by atomic mass is 16.5. The van der Waals surface area contributed by atoms with Crippen LogP contribution in [0.1, 0.15) is 13.3 Å². The molecule has 88 valence electrons. The van der Waals surface area contributed by atoms with E-state index in [1.165, 1.54) is 0 Å². The van der Waals surface area contributed by atoms with Gasteiger partial charge < -0.3 is 14.6 Å². The number of aliphatic hydroxyl groups is 1. The van der Waals surface area contributed by atoms with Crippen molar-refractivity contribution in [2.75, 3.05) is 27.4 Å². The van der Waals surface area contributed by atoms with Crippen LogP contribution in [0.15, 0.2) is 12.2 Å². The Morgan fingerprint density at radius 3 is 2.20 bits per heavy atom. The molecule has 3 heteroatoms. The molecule has 0 fully saturated rings. The molecule has 0 amide bonds. The summed E-state index contributed by atoms with van der Waals surface area (Å²) in [7, 11) is 3.37. The van der Waals surface area contributed by atoms with Crippen molar-refractivity contribution >= 4 is 0 Å². The zero-order valence-corrected chi connectivity index (χ0v) is 9.85. The molecule has 0 saturated carbocycles. The van der Waals surface area contributed by atoms with Gasteiger partial charge in [-0.15, -0.1) is 0 Å². The van der Waals surface area contributed by atoms with Gasteiger partial charge in [0.2, 0.25) is 0 Å². The molecule has 0 aliphatic heterocycles. The molecule has 1 aliphatic carbocycles. The molecule has 0 saturated heterocycles. The fourth-order valence-corrected chi connectivity index (χ4v) is 2.28. The Balaban J connectivity index is 2.70. The van der Waals surface area contributed by atoms with Gasteiger partial charge in [0.15, 0.2) is 0 Å². The number of ether oxygens (including phenoxy) is 2. The predicted molar refractivity (Wildman–Crippen MR) is 59.7 cm³/mol. The van der Waals surface area contributed by atoms with E-state index in [1.54, 1.807) is 14.2 Å². The molecule has 0 aromatic rings. The smallest absolute Gasteiger partial charge is 0.0659 e. The lowest BCUT2D eigenvalue weighted by atomic mass is 9.76. The summed E-state index contributed by atoms with van der Waals surface area (Å²) in [4.78, 5) is 0. The monoisotopic (exact) mass is 214 g/mol. The SMILES string of the molecule is CC[C@@H]1C=C[C@@H](COC)[C@@H](COC)[C@H]1O. The quantitative estimate of drug-likeness (QED) is 0.704. The van der Waals surface area contributed by atoms with E-state index in [0.717, 1.165) is 6.42 Å². The van der Waals surface area contributed by atoms with Crippen LogP contribution in [0.4, 0.5) is 0 Å². The fourth-order valence-electron chi connectivity index (χ4n) is 2.28.